The maximum absolute atomic E-state index is 12.4. The predicted octanol–water partition coefficient (Wildman–Crippen LogP) is 4.52. The van der Waals surface area contributed by atoms with Gasteiger partial charge in [-0.05, 0) is 68.5 Å². The van der Waals surface area contributed by atoms with E-state index in [9.17, 15) is 9.59 Å². The molecule has 0 aliphatic carbocycles. The van der Waals surface area contributed by atoms with Crippen molar-refractivity contribution >= 4 is 23.8 Å². The average molecular weight is 474 g/mol. The van der Waals surface area contributed by atoms with Crippen molar-refractivity contribution in [2.24, 2.45) is 0 Å². The number of ether oxygens (including phenoxy) is 2. The summed E-state index contributed by atoms with van der Waals surface area (Å²) in [5, 5.41) is 3.05. The van der Waals surface area contributed by atoms with Crippen LogP contribution >= 0.6 is 11.8 Å². The molecule has 33 heavy (non-hydrogen) atoms. The molecule has 1 amide bonds. The summed E-state index contributed by atoms with van der Waals surface area (Å²) >= 11 is 1.75. The molecule has 2 rings (SSSR count). The lowest BCUT2D eigenvalue weighted by molar-refractivity contribution is 0.0487. The standard InChI is InChI=1S/C25H35N3O4S/c1-25(2,3)32-24(30)27-22(12-14-33-5)18-28(17-20-7-6-13-26-15-20)16-19-8-10-21(11-9-19)23(29)31-4/h6-11,13,15,22H,12,14,16-18H2,1-5H3,(H,27,30)/t22-/m0/s1. The summed E-state index contributed by atoms with van der Waals surface area (Å²) in [7, 11) is 1.37. The number of aromatic nitrogens is 1. The van der Waals surface area contributed by atoms with Gasteiger partial charge in [-0.2, -0.15) is 11.8 Å². The number of amides is 1. The van der Waals surface area contributed by atoms with Gasteiger partial charge in [-0.15, -0.1) is 0 Å². The van der Waals surface area contributed by atoms with Gasteiger partial charge in [-0.25, -0.2) is 9.59 Å². The highest BCUT2D eigenvalue weighted by atomic mass is 32.2. The number of nitrogens with zero attached hydrogens (tertiary/aromatic N) is 2. The number of nitrogens with one attached hydrogen (secondary N) is 1. The van der Waals surface area contributed by atoms with E-state index >= 15 is 0 Å². The summed E-state index contributed by atoms with van der Waals surface area (Å²) < 4.78 is 10.3. The van der Waals surface area contributed by atoms with Crippen LogP contribution in [-0.4, -0.2) is 59.3 Å². The first kappa shape index (κ1) is 26.7. The molecule has 1 N–H and O–H groups in total. The molecule has 0 saturated carbocycles. The first-order valence-electron chi connectivity index (χ1n) is 11.0. The molecular formula is C25H35N3O4S. The molecule has 180 valence electrons. The molecule has 2 aromatic rings. The fourth-order valence-electron chi connectivity index (χ4n) is 3.31. The lowest BCUT2D eigenvalue weighted by Gasteiger charge is -2.29. The van der Waals surface area contributed by atoms with Crippen LogP contribution < -0.4 is 5.32 Å². The Morgan fingerprint density at radius 1 is 1.12 bits per heavy atom. The Bertz CT molecular complexity index is 869. The SMILES string of the molecule is COC(=O)c1ccc(CN(Cc2cccnc2)C[C@H](CCSC)NC(=O)OC(C)(C)C)cc1. The number of alkyl carbamates (subject to hydrolysis) is 1. The monoisotopic (exact) mass is 473 g/mol. The fraction of sp³-hybridized carbons (Fsp3) is 0.480. The molecule has 8 heteroatoms. The van der Waals surface area contributed by atoms with Crippen LogP contribution in [-0.2, 0) is 22.6 Å². The minimum Gasteiger partial charge on any atom is -0.465 e. The number of thioether (sulfide) groups is 1. The van der Waals surface area contributed by atoms with E-state index in [4.69, 9.17) is 9.47 Å². The van der Waals surface area contributed by atoms with Gasteiger partial charge in [0.05, 0.1) is 12.7 Å². The Morgan fingerprint density at radius 2 is 1.82 bits per heavy atom. The van der Waals surface area contributed by atoms with Crippen LogP contribution in [0, 0.1) is 0 Å². The number of rotatable bonds is 11. The minimum absolute atomic E-state index is 0.0710. The van der Waals surface area contributed by atoms with E-state index in [1.807, 2.05) is 51.2 Å². The van der Waals surface area contributed by atoms with E-state index in [2.05, 4.69) is 21.5 Å². The molecule has 0 radical (unpaired) electrons. The number of esters is 1. The number of benzene rings is 1. The van der Waals surface area contributed by atoms with Crippen molar-refractivity contribution in [2.75, 3.05) is 25.7 Å². The molecule has 0 fully saturated rings. The first-order chi connectivity index (χ1) is 15.7. The number of carbonyl (C=O) groups excluding carboxylic acids is 2. The van der Waals surface area contributed by atoms with E-state index in [0.717, 1.165) is 23.3 Å². The Labute approximate surface area is 201 Å². The Balaban J connectivity index is 2.17. The van der Waals surface area contributed by atoms with Crippen LogP contribution in [0.5, 0.6) is 0 Å². The maximum atomic E-state index is 12.4. The summed E-state index contributed by atoms with van der Waals surface area (Å²) in [6.07, 6.45) is 6.08. The van der Waals surface area contributed by atoms with Crippen molar-refractivity contribution in [2.45, 2.75) is 51.9 Å². The zero-order chi connectivity index (χ0) is 24.3. The summed E-state index contributed by atoms with van der Waals surface area (Å²) in [6, 6.07) is 11.3. The van der Waals surface area contributed by atoms with Crippen LogP contribution in [0.15, 0.2) is 48.8 Å². The molecule has 1 aromatic carbocycles. The Kier molecular flexibility index (Phi) is 10.7. The van der Waals surface area contributed by atoms with Gasteiger partial charge in [0.2, 0.25) is 0 Å². The van der Waals surface area contributed by atoms with Crippen molar-refractivity contribution in [3.63, 3.8) is 0 Å². The second-order valence-electron chi connectivity index (χ2n) is 8.84. The normalized spacial score (nSPS) is 12.3. The number of hydrogen-bond donors (Lipinski definition) is 1. The number of pyridine rings is 1. The first-order valence-corrected chi connectivity index (χ1v) is 12.4. The largest absolute Gasteiger partial charge is 0.465 e. The second kappa shape index (κ2) is 13.2. The van der Waals surface area contributed by atoms with Crippen LogP contribution in [0.4, 0.5) is 4.79 Å². The maximum Gasteiger partial charge on any atom is 0.407 e. The van der Waals surface area contributed by atoms with Crippen LogP contribution in [0.1, 0.15) is 48.7 Å². The smallest absolute Gasteiger partial charge is 0.407 e. The quantitative estimate of drug-likeness (QED) is 0.481. The van der Waals surface area contributed by atoms with Crippen LogP contribution in [0.25, 0.3) is 0 Å². The molecule has 0 saturated heterocycles. The topological polar surface area (TPSA) is 80.8 Å². The molecule has 1 heterocycles. The van der Waals surface area contributed by atoms with Crippen LogP contribution in [0.3, 0.4) is 0 Å². The molecule has 1 aromatic heterocycles. The molecule has 7 nitrogen and oxygen atoms in total. The van der Waals surface area contributed by atoms with Crippen molar-refractivity contribution in [1.29, 1.82) is 0 Å². The minimum atomic E-state index is -0.551. The van der Waals surface area contributed by atoms with Gasteiger partial charge in [0, 0.05) is 38.1 Å². The molecular weight excluding hydrogens is 438 g/mol. The lowest BCUT2D eigenvalue weighted by Crippen LogP contribution is -2.45. The van der Waals surface area contributed by atoms with E-state index < -0.39 is 11.7 Å². The van der Waals surface area contributed by atoms with Gasteiger partial charge in [-0.1, -0.05) is 18.2 Å². The van der Waals surface area contributed by atoms with Gasteiger partial charge in [0.25, 0.3) is 0 Å². The van der Waals surface area contributed by atoms with E-state index in [1.165, 1.54) is 7.11 Å². The second-order valence-corrected chi connectivity index (χ2v) is 9.83. The summed E-state index contributed by atoms with van der Waals surface area (Å²) in [6.45, 7) is 7.55. The Morgan fingerprint density at radius 3 is 2.39 bits per heavy atom. The molecule has 0 unspecified atom stereocenters. The van der Waals surface area contributed by atoms with E-state index in [-0.39, 0.29) is 12.0 Å². The molecule has 0 spiro atoms. The van der Waals surface area contributed by atoms with Crippen molar-refractivity contribution < 1.29 is 19.1 Å². The van der Waals surface area contributed by atoms with Gasteiger partial charge in [0.15, 0.2) is 0 Å². The number of hydrogen-bond acceptors (Lipinski definition) is 7. The zero-order valence-corrected chi connectivity index (χ0v) is 21.0. The molecule has 0 bridgehead atoms. The van der Waals surface area contributed by atoms with Crippen molar-refractivity contribution in [3.8, 4) is 0 Å². The highest BCUT2D eigenvalue weighted by Gasteiger charge is 2.22. The third-order valence-corrected chi connectivity index (χ3v) is 5.42. The van der Waals surface area contributed by atoms with Gasteiger partial charge in [0.1, 0.15) is 5.60 Å². The van der Waals surface area contributed by atoms with Gasteiger partial charge >= 0.3 is 12.1 Å². The van der Waals surface area contributed by atoms with Crippen LogP contribution in [0.2, 0.25) is 0 Å². The summed E-state index contributed by atoms with van der Waals surface area (Å²) in [4.78, 5) is 30.7. The zero-order valence-electron chi connectivity index (χ0n) is 20.2. The highest BCUT2D eigenvalue weighted by molar-refractivity contribution is 7.98. The van der Waals surface area contributed by atoms with E-state index in [0.29, 0.717) is 25.2 Å². The molecule has 0 aliphatic heterocycles. The molecule has 1 atom stereocenters. The summed E-state index contributed by atoms with van der Waals surface area (Å²) in [5.41, 5.74) is 2.12. The number of methoxy groups -OCH3 is 1. The average Bonchev–Trinajstić information content (AvgIpc) is 2.76. The highest BCUT2D eigenvalue weighted by Crippen LogP contribution is 2.14. The molecule has 0 aliphatic rings. The van der Waals surface area contributed by atoms with Gasteiger partial charge < -0.3 is 14.8 Å². The van der Waals surface area contributed by atoms with Crippen molar-refractivity contribution in [3.05, 3.63) is 65.5 Å². The third kappa shape index (κ3) is 10.3. The Hall–Kier alpha value is -2.58. The lowest BCUT2D eigenvalue weighted by atomic mass is 10.1. The van der Waals surface area contributed by atoms with Crippen molar-refractivity contribution in [1.82, 2.24) is 15.2 Å². The fourth-order valence-corrected chi connectivity index (χ4v) is 3.83. The number of carbonyl (C=O) groups is 2. The van der Waals surface area contributed by atoms with E-state index in [1.54, 1.807) is 30.1 Å². The predicted molar refractivity (Wildman–Crippen MR) is 132 cm³/mol. The third-order valence-electron chi connectivity index (χ3n) is 4.78. The van der Waals surface area contributed by atoms with Gasteiger partial charge in [-0.3, -0.25) is 9.88 Å². The summed E-state index contributed by atoms with van der Waals surface area (Å²) in [5.74, 6) is 0.571.